The minimum Gasteiger partial charge on any atom is -0.357 e. The van der Waals surface area contributed by atoms with Crippen molar-refractivity contribution in [2.75, 3.05) is 13.1 Å². The molecule has 2 rings (SSSR count). The van der Waals surface area contributed by atoms with E-state index >= 15 is 0 Å². The molecule has 22 heavy (non-hydrogen) atoms. The zero-order valence-electron chi connectivity index (χ0n) is 13.3. The number of aliphatic imine (C=N–C) groups is 1. The van der Waals surface area contributed by atoms with E-state index in [1.807, 2.05) is 4.68 Å². The topological polar surface area (TPSA) is 67.1 Å². The summed E-state index contributed by atoms with van der Waals surface area (Å²) in [7, 11) is 0. The Balaban J connectivity index is 1.99. The summed E-state index contributed by atoms with van der Waals surface area (Å²) in [6.07, 6.45) is 4.36. The van der Waals surface area contributed by atoms with E-state index in [-0.39, 0.29) is 0 Å². The number of rotatable bonds is 7. The van der Waals surface area contributed by atoms with Gasteiger partial charge in [0.1, 0.15) is 12.7 Å². The van der Waals surface area contributed by atoms with Crippen LogP contribution < -0.4 is 10.6 Å². The fourth-order valence-electron chi connectivity index (χ4n) is 2.08. The molecule has 1 heterocycles. The van der Waals surface area contributed by atoms with E-state index in [1.165, 1.54) is 11.1 Å². The number of benzene rings is 1. The Labute approximate surface area is 131 Å². The van der Waals surface area contributed by atoms with Crippen molar-refractivity contribution in [2.45, 2.75) is 33.4 Å². The Hall–Kier alpha value is -2.37. The van der Waals surface area contributed by atoms with Crippen molar-refractivity contribution in [1.29, 1.82) is 0 Å². The second-order valence-electron chi connectivity index (χ2n) is 5.03. The molecule has 6 nitrogen and oxygen atoms in total. The molecule has 0 spiro atoms. The molecular weight excluding hydrogens is 276 g/mol. The number of hydrogen-bond acceptors (Lipinski definition) is 3. The summed E-state index contributed by atoms with van der Waals surface area (Å²) in [5.41, 5.74) is 2.39. The highest BCUT2D eigenvalue weighted by molar-refractivity contribution is 5.79. The monoisotopic (exact) mass is 300 g/mol. The number of nitrogens with one attached hydrogen (secondary N) is 2. The van der Waals surface area contributed by atoms with Crippen molar-refractivity contribution in [1.82, 2.24) is 25.4 Å². The smallest absolute Gasteiger partial charge is 0.191 e. The minimum absolute atomic E-state index is 0.657. The van der Waals surface area contributed by atoms with Crippen LogP contribution in [0.15, 0.2) is 41.9 Å². The zero-order chi connectivity index (χ0) is 15.6. The van der Waals surface area contributed by atoms with Gasteiger partial charge in [-0.05, 0) is 24.5 Å². The average Bonchev–Trinajstić information content (AvgIpc) is 3.03. The van der Waals surface area contributed by atoms with E-state index in [0.717, 1.165) is 32.0 Å². The Morgan fingerprint density at radius 2 is 2.09 bits per heavy atom. The predicted octanol–water partition coefficient (Wildman–Crippen LogP) is 1.79. The van der Waals surface area contributed by atoms with Gasteiger partial charge in [-0.1, -0.05) is 31.2 Å². The van der Waals surface area contributed by atoms with Gasteiger partial charge in [-0.3, -0.25) is 0 Å². The number of hydrogen-bond donors (Lipinski definition) is 2. The molecule has 0 bridgehead atoms. The summed E-state index contributed by atoms with van der Waals surface area (Å²) in [6, 6.07) is 8.41. The molecule has 0 unspecified atom stereocenters. The molecule has 2 aromatic rings. The van der Waals surface area contributed by atoms with E-state index in [9.17, 15) is 0 Å². The normalized spacial score (nSPS) is 11.5. The lowest BCUT2D eigenvalue weighted by molar-refractivity contribution is 0.684. The summed E-state index contributed by atoms with van der Waals surface area (Å²) in [5.74, 6) is 0.867. The van der Waals surface area contributed by atoms with Gasteiger partial charge in [-0.2, -0.15) is 5.10 Å². The number of aromatic nitrogens is 3. The standard InChI is InChI=1S/C16H24N6/c1-3-8-19-16(18-4-2)20-10-14-6-5-7-15(9-14)11-22-13-17-12-21-22/h5-7,9,12-13H,3-4,8,10-11H2,1-2H3,(H2,18,19,20). The van der Waals surface area contributed by atoms with Gasteiger partial charge in [-0.15, -0.1) is 0 Å². The van der Waals surface area contributed by atoms with Gasteiger partial charge < -0.3 is 10.6 Å². The van der Waals surface area contributed by atoms with E-state index < -0.39 is 0 Å². The first-order chi connectivity index (χ1) is 10.8. The average molecular weight is 300 g/mol. The molecular formula is C16H24N6. The maximum Gasteiger partial charge on any atom is 0.191 e. The zero-order valence-corrected chi connectivity index (χ0v) is 13.3. The second kappa shape index (κ2) is 8.81. The van der Waals surface area contributed by atoms with Crippen molar-refractivity contribution in [3.05, 3.63) is 48.0 Å². The molecule has 0 radical (unpaired) electrons. The molecule has 1 aromatic carbocycles. The van der Waals surface area contributed by atoms with E-state index in [1.54, 1.807) is 12.7 Å². The van der Waals surface area contributed by atoms with Crippen molar-refractivity contribution >= 4 is 5.96 Å². The molecule has 1 aromatic heterocycles. The van der Waals surface area contributed by atoms with Crippen LogP contribution in [0.5, 0.6) is 0 Å². The first-order valence-corrected chi connectivity index (χ1v) is 7.74. The first kappa shape index (κ1) is 16.0. The fourth-order valence-corrected chi connectivity index (χ4v) is 2.08. The molecule has 0 saturated carbocycles. The van der Waals surface area contributed by atoms with Gasteiger partial charge in [0, 0.05) is 13.1 Å². The molecule has 0 fully saturated rings. The summed E-state index contributed by atoms with van der Waals surface area (Å²) in [6.45, 7) is 7.39. The summed E-state index contributed by atoms with van der Waals surface area (Å²) in [4.78, 5) is 8.58. The molecule has 0 saturated heterocycles. The van der Waals surface area contributed by atoms with Gasteiger partial charge in [0.15, 0.2) is 5.96 Å². The van der Waals surface area contributed by atoms with Crippen LogP contribution in [0.25, 0.3) is 0 Å². The summed E-state index contributed by atoms with van der Waals surface area (Å²) < 4.78 is 1.81. The molecule has 2 N–H and O–H groups in total. The SMILES string of the molecule is CCCNC(=NCc1cccc(Cn2cncn2)c1)NCC. The molecule has 0 aliphatic carbocycles. The Kier molecular flexibility index (Phi) is 6.41. The largest absolute Gasteiger partial charge is 0.357 e. The number of guanidine groups is 1. The van der Waals surface area contributed by atoms with Crippen LogP contribution in [0, 0.1) is 0 Å². The van der Waals surface area contributed by atoms with Gasteiger partial charge in [0.2, 0.25) is 0 Å². The Morgan fingerprint density at radius 1 is 1.23 bits per heavy atom. The third-order valence-electron chi connectivity index (χ3n) is 3.11. The molecule has 0 atom stereocenters. The van der Waals surface area contributed by atoms with Gasteiger partial charge >= 0.3 is 0 Å². The quantitative estimate of drug-likeness (QED) is 0.604. The van der Waals surface area contributed by atoms with E-state index in [0.29, 0.717) is 6.54 Å². The van der Waals surface area contributed by atoms with Crippen LogP contribution >= 0.6 is 0 Å². The lowest BCUT2D eigenvalue weighted by atomic mass is 10.1. The lowest BCUT2D eigenvalue weighted by Crippen LogP contribution is -2.37. The predicted molar refractivity (Wildman–Crippen MR) is 88.7 cm³/mol. The fraction of sp³-hybridized carbons (Fsp3) is 0.438. The van der Waals surface area contributed by atoms with Gasteiger partial charge in [0.25, 0.3) is 0 Å². The third kappa shape index (κ3) is 5.20. The van der Waals surface area contributed by atoms with Crippen LogP contribution in [0.4, 0.5) is 0 Å². The number of nitrogens with zero attached hydrogens (tertiary/aromatic N) is 4. The lowest BCUT2D eigenvalue weighted by Gasteiger charge is -2.10. The molecule has 0 aliphatic heterocycles. The highest BCUT2D eigenvalue weighted by Crippen LogP contribution is 2.08. The first-order valence-electron chi connectivity index (χ1n) is 7.74. The maximum absolute atomic E-state index is 4.62. The maximum atomic E-state index is 4.62. The Bertz CT molecular complexity index is 576. The van der Waals surface area contributed by atoms with Gasteiger partial charge in [0.05, 0.1) is 13.1 Å². The highest BCUT2D eigenvalue weighted by atomic mass is 15.3. The van der Waals surface area contributed by atoms with E-state index in [4.69, 9.17) is 0 Å². The molecule has 0 amide bonds. The molecule has 6 heteroatoms. The molecule has 118 valence electrons. The van der Waals surface area contributed by atoms with Crippen molar-refractivity contribution in [3.8, 4) is 0 Å². The highest BCUT2D eigenvalue weighted by Gasteiger charge is 2.00. The third-order valence-corrected chi connectivity index (χ3v) is 3.11. The van der Waals surface area contributed by atoms with Crippen LogP contribution in [0.3, 0.4) is 0 Å². The van der Waals surface area contributed by atoms with Crippen LogP contribution in [0.1, 0.15) is 31.4 Å². The second-order valence-corrected chi connectivity index (χ2v) is 5.03. The van der Waals surface area contributed by atoms with Crippen LogP contribution in [-0.4, -0.2) is 33.8 Å². The van der Waals surface area contributed by atoms with Crippen molar-refractivity contribution < 1.29 is 0 Å². The van der Waals surface area contributed by atoms with E-state index in [2.05, 4.69) is 63.8 Å². The van der Waals surface area contributed by atoms with Crippen LogP contribution in [0.2, 0.25) is 0 Å². The van der Waals surface area contributed by atoms with Crippen molar-refractivity contribution in [3.63, 3.8) is 0 Å². The summed E-state index contributed by atoms with van der Waals surface area (Å²) in [5, 5.41) is 10.7. The van der Waals surface area contributed by atoms with Crippen LogP contribution in [-0.2, 0) is 13.1 Å². The summed E-state index contributed by atoms with van der Waals surface area (Å²) >= 11 is 0. The minimum atomic E-state index is 0.657. The van der Waals surface area contributed by atoms with Crippen molar-refractivity contribution in [2.24, 2.45) is 4.99 Å². The molecule has 0 aliphatic rings. The van der Waals surface area contributed by atoms with Gasteiger partial charge in [-0.25, -0.2) is 14.7 Å². The Morgan fingerprint density at radius 3 is 2.82 bits per heavy atom.